The number of H-pyrrole nitrogens is 6. The molecule has 24 heteroatoms. The quantitative estimate of drug-likeness (QED) is 0.0251. The van der Waals surface area contributed by atoms with Crippen molar-refractivity contribution in [2.45, 2.75) is 160 Å². The minimum Gasteiger partial charge on any atom is -0.481 e. The summed E-state index contributed by atoms with van der Waals surface area (Å²) in [5.41, 5.74) is 42.2. The van der Waals surface area contributed by atoms with Crippen molar-refractivity contribution in [2.24, 2.45) is 0 Å². The van der Waals surface area contributed by atoms with Crippen molar-refractivity contribution in [1.82, 2.24) is 59.8 Å². The normalized spacial score (nSPS) is 13.0. The van der Waals surface area contributed by atoms with Gasteiger partial charge in [-0.2, -0.15) is 0 Å². The number of carbonyl (C=O) groups is 6. The van der Waals surface area contributed by atoms with Gasteiger partial charge in [-0.05, 0) is 295 Å². The number of aromatic amines is 6. The van der Waals surface area contributed by atoms with Crippen molar-refractivity contribution in [1.29, 1.82) is 0 Å². The van der Waals surface area contributed by atoms with E-state index < -0.39 is 23.9 Å². The average molecular weight is 1720 g/mol. The van der Waals surface area contributed by atoms with E-state index in [1.807, 2.05) is 153 Å². The predicted octanol–water partition coefficient (Wildman–Crippen LogP) is 23.6. The van der Waals surface area contributed by atoms with Crippen molar-refractivity contribution in [2.75, 3.05) is 14.2 Å². The van der Waals surface area contributed by atoms with E-state index in [0.717, 1.165) is 234 Å². The molecule has 6 aliphatic heterocycles. The number of aryl methyl sites for hydroxylation is 6. The van der Waals surface area contributed by atoms with Gasteiger partial charge in [0, 0.05) is 138 Å². The Kier molecular flexibility index (Phi) is 26.9. The third-order valence-corrected chi connectivity index (χ3v) is 25.1. The Morgan fingerprint density at radius 1 is 0.250 bits per heavy atom. The largest absolute Gasteiger partial charge is 0.481 e. The van der Waals surface area contributed by atoms with Gasteiger partial charge in [0.05, 0.1) is 82.5 Å². The first-order chi connectivity index (χ1) is 61.1. The average Bonchev–Trinajstić information content (AvgIpc) is 1.63. The Balaban J connectivity index is 0.000000164. The Hall–Kier alpha value is -14.9. The van der Waals surface area contributed by atoms with Crippen LogP contribution in [0.15, 0.2) is 112 Å². The van der Waals surface area contributed by atoms with Gasteiger partial charge in [-0.25, -0.2) is 29.9 Å². The molecule has 0 amide bonds. The SMILES string of the molecule is C=Cc1c(C)c2cc3[nH]c(cc4nc(cc5nc(cc1[nH]2)C(C)=C5CCC(=O)O)C(CCC(=O)O)=C4C)c(C)c3C=C.C=Cc1c(C)c2cc3[nH]c(cc4nc(cc5nc(cc1[nH]2)C(C)=C5CCC(=O)O)C(CCC(=O)OC)=C4C)c(C)c3C=C.C=Cc1c(C)c2cc3[nH]c(cc4nc(cc5nc(cc1[nH]2)C(C)=C5CCC(=O)OC)C(CCC(=O)O)=C4C)c(C)c3C=C. The van der Waals surface area contributed by atoms with Crippen LogP contribution in [-0.4, -0.2) is 130 Å². The number of nitrogens with one attached hydrogen (secondary N) is 6. The lowest BCUT2D eigenvalue weighted by Gasteiger charge is -2.05. The van der Waals surface area contributed by atoms with E-state index in [2.05, 4.69) is 108 Å². The molecule has 0 unspecified atom stereocenters. The Bertz CT molecular complexity index is 7120. The summed E-state index contributed by atoms with van der Waals surface area (Å²) < 4.78 is 9.83. The van der Waals surface area contributed by atoms with Gasteiger partial charge in [0.25, 0.3) is 0 Å². The number of carboxylic acids is 4. The van der Waals surface area contributed by atoms with Crippen molar-refractivity contribution in [3.8, 4) is 0 Å². The van der Waals surface area contributed by atoms with Gasteiger partial charge in [0.15, 0.2) is 0 Å². The zero-order valence-corrected chi connectivity index (χ0v) is 74.9. The molecule has 0 radical (unpaired) electrons. The number of aromatic nitrogens is 12. The van der Waals surface area contributed by atoms with Gasteiger partial charge in [-0.1, -0.05) is 75.9 Å². The molecule has 15 rings (SSSR count). The molecule has 0 saturated heterocycles. The number of ether oxygens (including phenoxy) is 2. The highest BCUT2D eigenvalue weighted by Crippen LogP contribution is 2.44. The molecule has 0 atom stereocenters. The van der Waals surface area contributed by atoms with Crippen molar-refractivity contribution in [3.63, 3.8) is 0 Å². The Morgan fingerprint density at radius 2 is 0.406 bits per heavy atom. The first-order valence-corrected chi connectivity index (χ1v) is 42.4. The zero-order chi connectivity index (χ0) is 92.3. The summed E-state index contributed by atoms with van der Waals surface area (Å²) >= 11 is 0. The maximum atomic E-state index is 12.1. The first kappa shape index (κ1) is 90.8. The molecular weight excluding hydrogens is 1610 g/mol. The lowest BCUT2D eigenvalue weighted by molar-refractivity contribution is -0.141. The minimum absolute atomic E-state index is 0.0195. The van der Waals surface area contributed by atoms with E-state index in [9.17, 15) is 49.2 Å². The number of methoxy groups -OCH3 is 2. The number of aliphatic carboxylic acids is 4. The molecule has 128 heavy (non-hydrogen) atoms. The molecule has 15 heterocycles. The molecule has 0 fully saturated rings. The van der Waals surface area contributed by atoms with Crippen LogP contribution in [0.2, 0.25) is 0 Å². The van der Waals surface area contributed by atoms with Crippen molar-refractivity contribution < 1.29 is 58.7 Å². The minimum atomic E-state index is -0.889. The number of fused-ring (bicyclic) bond motifs is 24. The van der Waals surface area contributed by atoms with Crippen LogP contribution in [0.3, 0.4) is 0 Å². The lowest BCUT2D eigenvalue weighted by Crippen LogP contribution is -2.00. The van der Waals surface area contributed by atoms with E-state index in [-0.39, 0.29) is 50.5 Å². The van der Waals surface area contributed by atoms with E-state index in [1.165, 1.54) is 14.2 Å². The van der Waals surface area contributed by atoms with Crippen LogP contribution in [0.25, 0.3) is 170 Å². The van der Waals surface area contributed by atoms with Gasteiger partial charge in [0.1, 0.15) is 0 Å². The van der Waals surface area contributed by atoms with Crippen LogP contribution >= 0.6 is 0 Å². The fraction of sp³-hybridized carbons (Fsp3) is 0.250. The van der Waals surface area contributed by atoms with Crippen LogP contribution in [0, 0.1) is 41.5 Å². The standard InChI is InChI=1S/2C35H36N4O4.C34H34N4O4/c1-8-22-18(3)26-14-27-21(6)25(11-13-35(42)43-7)33(38-27)17-32-24(10-12-34(40)41)20(5)29(39-32)16-31-23(9-2)19(4)28(37-31)15-30(22)36-26;1-8-22-18(3)26-14-27-20(5)24(10-12-34(40)41)32(38-27)17-33-25(11-13-35(42)43-7)21(6)29(39-33)16-31-23(9-2)19(4)28(37-31)15-30(22)36-26;1-7-21-17(3)25-13-26-19(5)23(9-11-33(39)40)31(37-26)16-32-24(10-12-34(41)42)20(6)28(38-32)15-30-22(8-2)18(4)27(36-30)14-29(21)35-25/h2*8-9,14-17,36-37H,1-2,10-13H2,3-7H3,(H,40,41);7-8,13-16,35-36H,1-2,9-12H2,3-6H3,(H,39,40)(H,41,42). The summed E-state index contributed by atoms with van der Waals surface area (Å²) in [4.78, 5) is 122. The fourth-order valence-corrected chi connectivity index (χ4v) is 17.5. The highest BCUT2D eigenvalue weighted by molar-refractivity contribution is 6.02. The number of hydrogen-bond donors (Lipinski definition) is 10. The number of esters is 2. The summed E-state index contributed by atoms with van der Waals surface area (Å²) in [5.74, 6) is -4.12. The highest BCUT2D eigenvalue weighted by Gasteiger charge is 2.29. The molecule has 24 bridgehead atoms. The van der Waals surface area contributed by atoms with Gasteiger partial charge in [0.2, 0.25) is 0 Å². The fourth-order valence-electron chi connectivity index (χ4n) is 17.5. The predicted molar refractivity (Wildman–Crippen MR) is 517 cm³/mol. The molecule has 654 valence electrons. The van der Waals surface area contributed by atoms with Crippen LogP contribution in [0.4, 0.5) is 0 Å². The molecule has 0 aromatic carbocycles. The summed E-state index contributed by atoms with van der Waals surface area (Å²) in [6.45, 7) is 48.5. The van der Waals surface area contributed by atoms with Crippen molar-refractivity contribution in [3.05, 3.63) is 247 Å². The maximum absolute atomic E-state index is 12.1. The van der Waals surface area contributed by atoms with E-state index >= 15 is 0 Å². The lowest BCUT2D eigenvalue weighted by atomic mass is 9.98. The van der Waals surface area contributed by atoms with Gasteiger partial charge in [-0.3, -0.25) is 28.8 Å². The smallest absolute Gasteiger partial charge is 0.305 e. The molecule has 0 saturated carbocycles. The monoisotopic (exact) mass is 1710 g/mol. The Morgan fingerprint density at radius 3 is 0.570 bits per heavy atom. The molecular formula is C104H106N12O12. The van der Waals surface area contributed by atoms with Crippen molar-refractivity contribution >= 4 is 205 Å². The van der Waals surface area contributed by atoms with Crippen LogP contribution in [-0.2, 0) is 38.2 Å². The van der Waals surface area contributed by atoms with Gasteiger partial charge < -0.3 is 59.8 Å². The second-order valence-corrected chi connectivity index (χ2v) is 32.5. The number of allylic oxidation sites excluding steroid dienone is 12. The number of nitrogens with zero attached hydrogens (tertiary/aromatic N) is 6. The highest BCUT2D eigenvalue weighted by atomic mass is 16.5. The number of rotatable bonds is 24. The zero-order valence-electron chi connectivity index (χ0n) is 74.9. The van der Waals surface area contributed by atoms with Crippen LogP contribution in [0.5, 0.6) is 0 Å². The topological polar surface area (TPSA) is 374 Å². The summed E-state index contributed by atoms with van der Waals surface area (Å²) in [6.07, 6.45) is 13.5. The van der Waals surface area contributed by atoms with Gasteiger partial charge in [-0.15, -0.1) is 0 Å². The molecule has 6 aliphatic rings. The summed E-state index contributed by atoms with van der Waals surface area (Å²) in [5, 5.41) is 37.9. The Labute approximate surface area is 741 Å². The first-order valence-electron chi connectivity index (χ1n) is 42.4. The summed E-state index contributed by atoms with van der Waals surface area (Å²) in [6, 6.07) is 23.9. The molecule has 9 aromatic heterocycles. The number of carboxylic acid groups (broad SMARTS) is 4. The maximum Gasteiger partial charge on any atom is 0.305 e. The molecule has 9 aromatic rings. The number of carbonyl (C=O) groups excluding carboxylic acids is 2. The molecule has 24 nitrogen and oxygen atoms in total. The second kappa shape index (κ2) is 37.9. The molecule has 0 spiro atoms. The summed E-state index contributed by atoms with van der Waals surface area (Å²) in [7, 11) is 2.76. The second-order valence-electron chi connectivity index (χ2n) is 32.5. The third kappa shape index (κ3) is 18.3. The number of hydrogen-bond acceptors (Lipinski definition) is 14. The van der Waals surface area contributed by atoms with Gasteiger partial charge >= 0.3 is 35.8 Å². The van der Waals surface area contributed by atoms with E-state index in [0.29, 0.717) is 72.7 Å². The van der Waals surface area contributed by atoms with E-state index in [4.69, 9.17) is 39.4 Å². The van der Waals surface area contributed by atoms with E-state index in [1.54, 1.807) is 0 Å². The third-order valence-electron chi connectivity index (χ3n) is 25.1. The molecule has 0 aliphatic carbocycles. The van der Waals surface area contributed by atoms with Crippen LogP contribution < -0.4 is 0 Å². The van der Waals surface area contributed by atoms with Crippen LogP contribution in [0.1, 0.15) is 254 Å². The molecule has 10 N–H and O–H groups in total.